The number of hydrogen-bond acceptors (Lipinski definition) is 2. The van der Waals surface area contributed by atoms with Gasteiger partial charge in [0.15, 0.2) is 0 Å². The molecular formula is C11H13N3. The molecule has 72 valence electrons. The monoisotopic (exact) mass is 187 g/mol. The quantitative estimate of drug-likeness (QED) is 0.734. The summed E-state index contributed by atoms with van der Waals surface area (Å²) in [6, 6.07) is 6.12. The second-order valence-electron chi connectivity index (χ2n) is 3.32. The first-order valence-electron chi connectivity index (χ1n) is 4.73. The van der Waals surface area contributed by atoms with Gasteiger partial charge in [-0.15, -0.1) is 0 Å². The first-order valence-corrected chi connectivity index (χ1v) is 4.73. The Balaban J connectivity index is 1.98. The summed E-state index contributed by atoms with van der Waals surface area (Å²) in [7, 11) is 0. The number of pyridine rings is 1. The fourth-order valence-corrected chi connectivity index (χ4v) is 1.40. The van der Waals surface area contributed by atoms with Gasteiger partial charge in [-0.25, -0.2) is 4.98 Å². The fourth-order valence-electron chi connectivity index (χ4n) is 1.40. The van der Waals surface area contributed by atoms with Crippen LogP contribution in [0.1, 0.15) is 11.4 Å². The summed E-state index contributed by atoms with van der Waals surface area (Å²) in [6.07, 6.45) is 6.55. The van der Waals surface area contributed by atoms with Crippen LogP contribution in [0.25, 0.3) is 0 Å². The van der Waals surface area contributed by atoms with Gasteiger partial charge in [-0.05, 0) is 19.1 Å². The van der Waals surface area contributed by atoms with E-state index in [9.17, 15) is 0 Å². The summed E-state index contributed by atoms with van der Waals surface area (Å²) < 4.78 is 2.06. The second-order valence-corrected chi connectivity index (χ2v) is 3.32. The molecule has 0 amide bonds. The van der Waals surface area contributed by atoms with Crippen molar-refractivity contribution >= 4 is 0 Å². The molecule has 2 aromatic heterocycles. The van der Waals surface area contributed by atoms with Crippen molar-refractivity contribution in [2.45, 2.75) is 19.9 Å². The first kappa shape index (κ1) is 8.94. The van der Waals surface area contributed by atoms with Crippen LogP contribution in [-0.2, 0) is 13.0 Å². The molecule has 0 saturated heterocycles. The van der Waals surface area contributed by atoms with Gasteiger partial charge in [-0.1, -0.05) is 6.07 Å². The van der Waals surface area contributed by atoms with E-state index in [0.717, 1.165) is 24.4 Å². The normalized spacial score (nSPS) is 10.4. The molecule has 2 rings (SSSR count). The average molecular weight is 187 g/mol. The Morgan fingerprint density at radius 3 is 3.00 bits per heavy atom. The summed E-state index contributed by atoms with van der Waals surface area (Å²) in [4.78, 5) is 8.43. The Hall–Kier alpha value is -1.64. The lowest BCUT2D eigenvalue weighted by Crippen LogP contribution is -2.00. The van der Waals surface area contributed by atoms with Gasteiger partial charge in [-0.2, -0.15) is 0 Å². The van der Waals surface area contributed by atoms with Crippen LogP contribution >= 0.6 is 0 Å². The van der Waals surface area contributed by atoms with Gasteiger partial charge < -0.3 is 4.57 Å². The molecule has 14 heavy (non-hydrogen) atoms. The molecular weight excluding hydrogens is 174 g/mol. The largest absolute Gasteiger partial charge is 0.337 e. The van der Waals surface area contributed by atoms with Crippen LogP contribution in [0.5, 0.6) is 0 Å². The molecule has 2 heterocycles. The smallest absolute Gasteiger partial charge is 0.0946 e. The average Bonchev–Trinajstić information content (AvgIpc) is 2.67. The second kappa shape index (κ2) is 4.05. The standard InChI is InChI=1S/C11H13N3/c1-10-3-2-4-11(13-10)5-7-14-8-6-12-9-14/h2-4,6,8-9H,5,7H2,1H3. The third-order valence-corrected chi connectivity index (χ3v) is 2.13. The molecule has 0 aromatic carbocycles. The predicted molar refractivity (Wildman–Crippen MR) is 54.9 cm³/mol. The van der Waals surface area contributed by atoms with Crippen molar-refractivity contribution in [2.24, 2.45) is 0 Å². The molecule has 0 atom stereocenters. The maximum Gasteiger partial charge on any atom is 0.0946 e. The summed E-state index contributed by atoms with van der Waals surface area (Å²) in [5, 5.41) is 0. The predicted octanol–water partition coefficient (Wildman–Crippen LogP) is 1.83. The molecule has 0 bridgehead atoms. The minimum Gasteiger partial charge on any atom is -0.337 e. The van der Waals surface area contributed by atoms with E-state index in [-0.39, 0.29) is 0 Å². The molecule has 0 aliphatic rings. The topological polar surface area (TPSA) is 30.7 Å². The maximum atomic E-state index is 4.44. The molecule has 0 saturated carbocycles. The third-order valence-electron chi connectivity index (χ3n) is 2.13. The lowest BCUT2D eigenvalue weighted by atomic mass is 10.2. The van der Waals surface area contributed by atoms with Gasteiger partial charge in [0.25, 0.3) is 0 Å². The van der Waals surface area contributed by atoms with E-state index in [1.54, 1.807) is 6.20 Å². The van der Waals surface area contributed by atoms with Crippen LogP contribution in [0.3, 0.4) is 0 Å². The van der Waals surface area contributed by atoms with Crippen molar-refractivity contribution in [3.05, 3.63) is 48.3 Å². The van der Waals surface area contributed by atoms with Crippen LogP contribution in [0.2, 0.25) is 0 Å². The van der Waals surface area contributed by atoms with Gasteiger partial charge in [0.2, 0.25) is 0 Å². The lowest BCUT2D eigenvalue weighted by molar-refractivity contribution is 0.683. The zero-order chi connectivity index (χ0) is 9.80. The molecule has 0 aliphatic carbocycles. The molecule has 2 aromatic rings. The molecule has 0 N–H and O–H groups in total. The Labute approximate surface area is 83.4 Å². The summed E-state index contributed by atoms with van der Waals surface area (Å²) in [5.74, 6) is 0. The number of aromatic nitrogens is 3. The highest BCUT2D eigenvalue weighted by Gasteiger charge is 1.95. The summed E-state index contributed by atoms with van der Waals surface area (Å²) >= 11 is 0. The molecule has 0 fully saturated rings. The van der Waals surface area contributed by atoms with E-state index in [0.29, 0.717) is 0 Å². The highest BCUT2D eigenvalue weighted by atomic mass is 15.0. The Kier molecular flexibility index (Phi) is 2.58. The van der Waals surface area contributed by atoms with Crippen molar-refractivity contribution < 1.29 is 0 Å². The van der Waals surface area contributed by atoms with Crippen LogP contribution in [0.4, 0.5) is 0 Å². The van der Waals surface area contributed by atoms with Crippen molar-refractivity contribution in [2.75, 3.05) is 0 Å². The van der Waals surface area contributed by atoms with Gasteiger partial charge in [0.05, 0.1) is 6.33 Å². The van der Waals surface area contributed by atoms with E-state index >= 15 is 0 Å². The number of hydrogen-bond donors (Lipinski definition) is 0. The van der Waals surface area contributed by atoms with E-state index in [1.807, 2.05) is 31.6 Å². The van der Waals surface area contributed by atoms with Crippen LogP contribution in [0, 0.1) is 6.92 Å². The van der Waals surface area contributed by atoms with Crippen LogP contribution in [-0.4, -0.2) is 14.5 Å². The third kappa shape index (κ3) is 2.19. The van der Waals surface area contributed by atoms with Crippen LogP contribution < -0.4 is 0 Å². The fraction of sp³-hybridized carbons (Fsp3) is 0.273. The molecule has 0 unspecified atom stereocenters. The number of imidazole rings is 1. The summed E-state index contributed by atoms with van der Waals surface area (Å²) in [5.41, 5.74) is 2.21. The Morgan fingerprint density at radius 2 is 2.29 bits per heavy atom. The van der Waals surface area contributed by atoms with E-state index in [1.165, 1.54) is 0 Å². The van der Waals surface area contributed by atoms with Gasteiger partial charge >= 0.3 is 0 Å². The number of rotatable bonds is 3. The maximum absolute atomic E-state index is 4.44. The first-order chi connectivity index (χ1) is 6.84. The Morgan fingerprint density at radius 1 is 1.36 bits per heavy atom. The van der Waals surface area contributed by atoms with Crippen molar-refractivity contribution in [3.8, 4) is 0 Å². The Bertz CT molecular complexity index is 393. The highest BCUT2D eigenvalue weighted by molar-refractivity contribution is 5.09. The molecule has 3 heteroatoms. The molecule has 0 spiro atoms. The van der Waals surface area contributed by atoms with Crippen molar-refractivity contribution in [3.63, 3.8) is 0 Å². The molecule has 0 radical (unpaired) electrons. The molecule has 3 nitrogen and oxygen atoms in total. The zero-order valence-electron chi connectivity index (χ0n) is 8.22. The zero-order valence-corrected chi connectivity index (χ0v) is 8.22. The lowest BCUT2D eigenvalue weighted by Gasteiger charge is -2.02. The van der Waals surface area contributed by atoms with E-state index in [4.69, 9.17) is 0 Å². The number of nitrogens with zero attached hydrogens (tertiary/aromatic N) is 3. The van der Waals surface area contributed by atoms with Gasteiger partial charge in [0, 0.05) is 36.7 Å². The van der Waals surface area contributed by atoms with E-state index < -0.39 is 0 Å². The SMILES string of the molecule is Cc1cccc(CCn2ccnc2)n1. The van der Waals surface area contributed by atoms with Gasteiger partial charge in [0.1, 0.15) is 0 Å². The highest BCUT2D eigenvalue weighted by Crippen LogP contribution is 2.00. The van der Waals surface area contributed by atoms with Crippen molar-refractivity contribution in [1.82, 2.24) is 14.5 Å². The summed E-state index contributed by atoms with van der Waals surface area (Å²) in [6.45, 7) is 2.96. The van der Waals surface area contributed by atoms with Crippen LogP contribution in [0.15, 0.2) is 36.9 Å². The van der Waals surface area contributed by atoms with Gasteiger partial charge in [-0.3, -0.25) is 4.98 Å². The number of aryl methyl sites for hydroxylation is 3. The van der Waals surface area contributed by atoms with Crippen molar-refractivity contribution in [1.29, 1.82) is 0 Å². The minimum absolute atomic E-state index is 0.941. The molecule has 0 aliphatic heterocycles. The minimum atomic E-state index is 0.941. The van der Waals surface area contributed by atoms with E-state index in [2.05, 4.69) is 20.6 Å².